The van der Waals surface area contributed by atoms with E-state index < -0.39 is 5.54 Å². The number of hydrogen-bond acceptors (Lipinski definition) is 5. The van der Waals surface area contributed by atoms with E-state index in [1.165, 1.54) is 18.5 Å². The average Bonchev–Trinajstić information content (AvgIpc) is 2.92. The fourth-order valence-corrected chi connectivity index (χ4v) is 2.10. The van der Waals surface area contributed by atoms with Gasteiger partial charge in [0.2, 0.25) is 0 Å². The van der Waals surface area contributed by atoms with Crippen LogP contribution in [0.4, 0.5) is 10.2 Å². The van der Waals surface area contributed by atoms with E-state index in [4.69, 9.17) is 0 Å². The summed E-state index contributed by atoms with van der Waals surface area (Å²) in [6.07, 6.45) is 3.03. The molecule has 2 heterocycles. The minimum Gasteiger partial charge on any atom is -0.394 e. The molecule has 114 valence electrons. The lowest BCUT2D eigenvalue weighted by Crippen LogP contribution is -2.35. The molecule has 22 heavy (non-hydrogen) atoms. The third-order valence-electron chi connectivity index (χ3n) is 3.27. The monoisotopic (exact) mass is 301 g/mol. The van der Waals surface area contributed by atoms with Crippen LogP contribution in [0.3, 0.4) is 0 Å². The molecule has 0 saturated carbocycles. The van der Waals surface area contributed by atoms with Crippen LogP contribution >= 0.6 is 0 Å². The molecule has 7 heteroatoms. The number of nitrogens with one attached hydrogen (secondary N) is 1. The first-order chi connectivity index (χ1) is 10.5. The van der Waals surface area contributed by atoms with Crippen LogP contribution in [0.2, 0.25) is 0 Å². The summed E-state index contributed by atoms with van der Waals surface area (Å²) >= 11 is 0. The summed E-state index contributed by atoms with van der Waals surface area (Å²) in [4.78, 5) is 8.43. The molecule has 1 aromatic carbocycles. The minimum absolute atomic E-state index is 0.0451. The van der Waals surface area contributed by atoms with Crippen LogP contribution < -0.4 is 5.32 Å². The van der Waals surface area contributed by atoms with E-state index in [1.54, 1.807) is 23.0 Å². The van der Waals surface area contributed by atoms with Crippen LogP contribution in [0.15, 0.2) is 36.8 Å². The van der Waals surface area contributed by atoms with Gasteiger partial charge in [0.15, 0.2) is 5.65 Å². The topological polar surface area (TPSA) is 75.9 Å². The van der Waals surface area contributed by atoms with Crippen molar-refractivity contribution in [2.24, 2.45) is 0 Å². The third kappa shape index (κ3) is 2.62. The number of aliphatic hydroxyl groups is 1. The van der Waals surface area contributed by atoms with E-state index in [2.05, 4.69) is 20.4 Å². The highest BCUT2D eigenvalue weighted by Gasteiger charge is 2.19. The Morgan fingerprint density at radius 2 is 2.14 bits per heavy atom. The van der Waals surface area contributed by atoms with Crippen LogP contribution in [-0.2, 0) is 0 Å². The van der Waals surface area contributed by atoms with Gasteiger partial charge in [-0.05, 0) is 32.0 Å². The Hall–Kier alpha value is -2.54. The molecule has 3 rings (SSSR count). The predicted molar refractivity (Wildman–Crippen MR) is 81.4 cm³/mol. The molecule has 0 aliphatic rings. The third-order valence-corrected chi connectivity index (χ3v) is 3.27. The van der Waals surface area contributed by atoms with Gasteiger partial charge in [-0.3, -0.25) is 0 Å². The average molecular weight is 301 g/mol. The van der Waals surface area contributed by atoms with Gasteiger partial charge < -0.3 is 10.4 Å². The molecule has 0 spiro atoms. The molecule has 2 N–H and O–H groups in total. The lowest BCUT2D eigenvalue weighted by atomic mass is 10.1. The fourth-order valence-electron chi connectivity index (χ4n) is 2.10. The normalized spacial score (nSPS) is 11.8. The molecule has 0 aliphatic heterocycles. The molecule has 0 radical (unpaired) electrons. The maximum atomic E-state index is 13.4. The highest BCUT2D eigenvalue weighted by molar-refractivity contribution is 5.87. The van der Waals surface area contributed by atoms with Gasteiger partial charge in [0.1, 0.15) is 18.0 Å². The van der Waals surface area contributed by atoms with E-state index in [-0.39, 0.29) is 12.4 Å². The van der Waals surface area contributed by atoms with E-state index in [9.17, 15) is 9.50 Å². The highest BCUT2D eigenvalue weighted by atomic mass is 19.1. The first-order valence-electron chi connectivity index (χ1n) is 6.84. The zero-order chi connectivity index (χ0) is 15.7. The van der Waals surface area contributed by atoms with Crippen LogP contribution in [0.25, 0.3) is 16.7 Å². The standard InChI is InChI=1S/C15H16FN5O/c1-15(2,8-22)20-13-12-7-19-21(14(12)18-9-17-13)11-5-3-4-10(16)6-11/h3-7,9,22H,8H2,1-2H3,(H,17,18,20). The summed E-state index contributed by atoms with van der Waals surface area (Å²) in [5, 5.41) is 17.5. The van der Waals surface area contributed by atoms with Crippen LogP contribution in [0, 0.1) is 5.82 Å². The lowest BCUT2D eigenvalue weighted by Gasteiger charge is -2.24. The Morgan fingerprint density at radius 1 is 1.32 bits per heavy atom. The van der Waals surface area contributed by atoms with Crippen molar-refractivity contribution in [2.75, 3.05) is 11.9 Å². The molecule has 2 aromatic heterocycles. The van der Waals surface area contributed by atoms with Gasteiger partial charge in [-0.1, -0.05) is 6.07 Å². The first kappa shape index (κ1) is 14.4. The Morgan fingerprint density at radius 3 is 2.86 bits per heavy atom. The summed E-state index contributed by atoms with van der Waals surface area (Å²) in [5.41, 5.74) is 0.625. The van der Waals surface area contributed by atoms with Crippen molar-refractivity contribution >= 4 is 16.9 Å². The Labute approximate surface area is 126 Å². The van der Waals surface area contributed by atoms with Gasteiger partial charge in [-0.2, -0.15) is 5.10 Å². The summed E-state index contributed by atoms with van der Waals surface area (Å²) in [6, 6.07) is 6.13. The smallest absolute Gasteiger partial charge is 0.168 e. The number of anilines is 1. The Kier molecular flexibility index (Phi) is 3.50. The van der Waals surface area contributed by atoms with E-state index >= 15 is 0 Å². The van der Waals surface area contributed by atoms with Crippen LogP contribution in [0.1, 0.15) is 13.8 Å². The van der Waals surface area contributed by atoms with Gasteiger partial charge in [-0.25, -0.2) is 19.0 Å². The molecule has 0 aliphatic carbocycles. The van der Waals surface area contributed by atoms with Crippen LogP contribution in [-0.4, -0.2) is 37.0 Å². The predicted octanol–water partition coefficient (Wildman–Crippen LogP) is 2.14. The number of rotatable bonds is 4. The van der Waals surface area contributed by atoms with Crippen molar-refractivity contribution in [3.63, 3.8) is 0 Å². The zero-order valence-electron chi connectivity index (χ0n) is 12.3. The molecule has 0 atom stereocenters. The number of nitrogens with zero attached hydrogens (tertiary/aromatic N) is 4. The molecule has 0 bridgehead atoms. The first-order valence-corrected chi connectivity index (χ1v) is 6.84. The van der Waals surface area contributed by atoms with Crippen LogP contribution in [0.5, 0.6) is 0 Å². The number of hydrogen-bond donors (Lipinski definition) is 2. The summed E-state index contributed by atoms with van der Waals surface area (Å²) in [7, 11) is 0. The van der Waals surface area contributed by atoms with Gasteiger partial charge in [-0.15, -0.1) is 0 Å². The molecular formula is C15H16FN5O. The molecule has 3 aromatic rings. The molecular weight excluding hydrogens is 285 g/mol. The summed E-state index contributed by atoms with van der Waals surface area (Å²) in [6.45, 7) is 3.67. The second kappa shape index (κ2) is 5.34. The van der Waals surface area contributed by atoms with E-state index in [1.807, 2.05) is 13.8 Å². The van der Waals surface area contributed by atoms with Gasteiger partial charge in [0.05, 0.1) is 29.4 Å². The van der Waals surface area contributed by atoms with Gasteiger partial charge in [0.25, 0.3) is 0 Å². The number of benzene rings is 1. The van der Waals surface area contributed by atoms with Crippen molar-refractivity contribution in [1.82, 2.24) is 19.7 Å². The van der Waals surface area contributed by atoms with Crippen molar-refractivity contribution in [3.8, 4) is 5.69 Å². The Balaban J connectivity index is 2.09. The lowest BCUT2D eigenvalue weighted by molar-refractivity contribution is 0.234. The van der Waals surface area contributed by atoms with Crippen molar-refractivity contribution < 1.29 is 9.50 Å². The summed E-state index contributed by atoms with van der Waals surface area (Å²) in [5.74, 6) is 0.238. The molecule has 0 amide bonds. The number of aliphatic hydroxyl groups excluding tert-OH is 1. The van der Waals surface area contributed by atoms with Gasteiger partial charge in [0, 0.05) is 0 Å². The second-order valence-electron chi connectivity index (χ2n) is 5.66. The molecule has 0 saturated heterocycles. The summed E-state index contributed by atoms with van der Waals surface area (Å²) < 4.78 is 14.9. The number of halogens is 1. The largest absolute Gasteiger partial charge is 0.394 e. The number of fused-ring (bicyclic) bond motifs is 1. The number of aromatic nitrogens is 4. The highest BCUT2D eigenvalue weighted by Crippen LogP contribution is 2.24. The van der Waals surface area contributed by atoms with Crippen molar-refractivity contribution in [3.05, 3.63) is 42.6 Å². The zero-order valence-corrected chi connectivity index (χ0v) is 12.3. The second-order valence-corrected chi connectivity index (χ2v) is 5.66. The van der Waals surface area contributed by atoms with Gasteiger partial charge >= 0.3 is 0 Å². The Bertz CT molecular complexity index is 815. The van der Waals surface area contributed by atoms with Crippen molar-refractivity contribution in [1.29, 1.82) is 0 Å². The van der Waals surface area contributed by atoms with E-state index in [0.717, 1.165) is 0 Å². The minimum atomic E-state index is -0.526. The maximum absolute atomic E-state index is 13.4. The van der Waals surface area contributed by atoms with Crippen molar-refractivity contribution in [2.45, 2.75) is 19.4 Å². The molecule has 0 unspecified atom stereocenters. The SMILES string of the molecule is CC(C)(CO)Nc1ncnc2c1cnn2-c1cccc(F)c1. The molecule has 0 fully saturated rings. The quantitative estimate of drug-likeness (QED) is 0.772. The fraction of sp³-hybridized carbons (Fsp3) is 0.267. The maximum Gasteiger partial charge on any atom is 0.168 e. The van der Waals surface area contributed by atoms with E-state index in [0.29, 0.717) is 22.5 Å². The molecule has 6 nitrogen and oxygen atoms in total.